The highest BCUT2D eigenvalue weighted by Crippen LogP contribution is 2.34. The van der Waals surface area contributed by atoms with Crippen LogP contribution in [0.2, 0.25) is 5.02 Å². The van der Waals surface area contributed by atoms with Crippen LogP contribution in [0.4, 0.5) is 35.5 Å². The third-order valence-electron chi connectivity index (χ3n) is 6.20. The maximum atomic E-state index is 13.4. The van der Waals surface area contributed by atoms with Gasteiger partial charge in [-0.3, -0.25) is 4.57 Å². The fraction of sp³-hybridized carbons (Fsp3) is 0.538. The summed E-state index contributed by atoms with van der Waals surface area (Å²) in [5.74, 6) is 0.720. The number of ether oxygens (including phenoxy) is 1. The number of hydrogen-bond donors (Lipinski definition) is 3. The second-order valence-electron chi connectivity index (χ2n) is 10.8. The van der Waals surface area contributed by atoms with Crippen molar-refractivity contribution in [2.75, 3.05) is 10.6 Å². The van der Waals surface area contributed by atoms with Gasteiger partial charge in [-0.1, -0.05) is 24.4 Å². The van der Waals surface area contributed by atoms with Gasteiger partial charge in [0.1, 0.15) is 11.6 Å². The van der Waals surface area contributed by atoms with Crippen molar-refractivity contribution in [3.63, 3.8) is 0 Å². The Bertz CT molecular complexity index is 1320. The molecule has 1 aliphatic carbocycles. The Morgan fingerprint density at radius 1 is 1.18 bits per heavy atom. The number of carbonyl (C=O) groups excluding carboxylic acids is 1. The summed E-state index contributed by atoms with van der Waals surface area (Å²) in [6, 6.07) is 3.51. The summed E-state index contributed by atoms with van der Waals surface area (Å²) in [7, 11) is 0. The van der Waals surface area contributed by atoms with Crippen molar-refractivity contribution in [2.24, 2.45) is 0 Å². The molecule has 4 rings (SSSR count). The lowest BCUT2D eigenvalue weighted by molar-refractivity contribution is -0.137. The number of anilines is 3. The van der Waals surface area contributed by atoms with Gasteiger partial charge in [0.2, 0.25) is 11.9 Å². The number of aryl methyl sites for hydroxylation is 1. The molecule has 2 aromatic heterocycles. The van der Waals surface area contributed by atoms with E-state index in [4.69, 9.17) is 16.3 Å². The summed E-state index contributed by atoms with van der Waals surface area (Å²) in [4.78, 5) is 25.8. The zero-order valence-corrected chi connectivity index (χ0v) is 23.1. The van der Waals surface area contributed by atoms with Gasteiger partial charge in [-0.2, -0.15) is 18.2 Å². The van der Waals surface area contributed by atoms with Crippen LogP contribution in [0.15, 0.2) is 24.4 Å². The first-order chi connectivity index (χ1) is 18.3. The number of rotatable bonds is 8. The van der Waals surface area contributed by atoms with Crippen molar-refractivity contribution < 1.29 is 22.7 Å². The number of hydrogen-bond acceptors (Lipinski definition) is 7. The normalized spacial score (nSPS) is 15.4. The quantitative estimate of drug-likeness (QED) is 0.272. The standard InChI is InChI=1S/C26H33ClF3N7O2/c1-15(39-24(38)36-25(2,3)4)9-10-37-21-20(14-31-22(35-21)32-18-7-5-6-8-18)34-23(37)33-19-12-16(26(28,29)30)11-17(27)13-19/h11-15,18H,5-10H2,1-4H3,(H,33,34)(H,36,38)(H,31,32,35). The molecule has 39 heavy (non-hydrogen) atoms. The van der Waals surface area contributed by atoms with Gasteiger partial charge in [0.15, 0.2) is 5.65 Å². The number of nitrogens with zero attached hydrogens (tertiary/aromatic N) is 4. The average Bonchev–Trinajstić information content (AvgIpc) is 3.43. The van der Waals surface area contributed by atoms with Crippen LogP contribution < -0.4 is 16.0 Å². The van der Waals surface area contributed by atoms with Crippen molar-refractivity contribution >= 4 is 46.4 Å². The van der Waals surface area contributed by atoms with Crippen molar-refractivity contribution in [1.29, 1.82) is 0 Å². The molecule has 0 aliphatic heterocycles. The molecule has 0 bridgehead atoms. The fourth-order valence-electron chi connectivity index (χ4n) is 4.39. The van der Waals surface area contributed by atoms with Crippen LogP contribution in [0.1, 0.15) is 65.4 Å². The van der Waals surface area contributed by atoms with E-state index in [1.807, 2.05) is 20.8 Å². The minimum Gasteiger partial charge on any atom is -0.446 e. The van der Waals surface area contributed by atoms with Crippen LogP contribution in [-0.2, 0) is 17.5 Å². The Morgan fingerprint density at radius 3 is 2.56 bits per heavy atom. The highest BCUT2D eigenvalue weighted by atomic mass is 35.5. The van der Waals surface area contributed by atoms with E-state index in [9.17, 15) is 18.0 Å². The SMILES string of the molecule is CC(CCn1c(Nc2cc(Cl)cc(C(F)(F)F)c2)nc2cnc(NC3CCCC3)nc21)OC(=O)NC(C)(C)C. The highest BCUT2D eigenvalue weighted by Gasteiger charge is 2.31. The Kier molecular flexibility index (Phi) is 8.43. The lowest BCUT2D eigenvalue weighted by atomic mass is 10.1. The van der Waals surface area contributed by atoms with E-state index < -0.39 is 29.5 Å². The number of halogens is 4. The fourth-order valence-corrected chi connectivity index (χ4v) is 4.63. The maximum absolute atomic E-state index is 13.4. The van der Waals surface area contributed by atoms with Crippen molar-refractivity contribution in [3.8, 4) is 0 Å². The van der Waals surface area contributed by atoms with Gasteiger partial charge in [0.05, 0.1) is 11.8 Å². The van der Waals surface area contributed by atoms with Crippen LogP contribution >= 0.6 is 11.6 Å². The molecule has 9 nitrogen and oxygen atoms in total. The maximum Gasteiger partial charge on any atom is 0.416 e. The summed E-state index contributed by atoms with van der Waals surface area (Å²) >= 11 is 5.99. The van der Waals surface area contributed by atoms with Gasteiger partial charge in [-0.15, -0.1) is 0 Å². The molecule has 1 atom stereocenters. The molecular weight excluding hydrogens is 535 g/mol. The molecule has 1 saturated carbocycles. The van der Waals surface area contributed by atoms with Crippen molar-refractivity contribution in [2.45, 2.75) is 90.2 Å². The van der Waals surface area contributed by atoms with Gasteiger partial charge in [0, 0.05) is 35.3 Å². The smallest absolute Gasteiger partial charge is 0.416 e. The molecule has 13 heteroatoms. The second-order valence-corrected chi connectivity index (χ2v) is 11.3. The summed E-state index contributed by atoms with van der Waals surface area (Å²) in [6.07, 6.45) is 0.788. The predicted molar refractivity (Wildman–Crippen MR) is 144 cm³/mol. The van der Waals surface area contributed by atoms with E-state index in [1.165, 1.54) is 6.07 Å². The van der Waals surface area contributed by atoms with Crippen LogP contribution in [0.5, 0.6) is 0 Å². The van der Waals surface area contributed by atoms with Crippen LogP contribution in [0.3, 0.4) is 0 Å². The van der Waals surface area contributed by atoms with Gasteiger partial charge < -0.3 is 20.7 Å². The van der Waals surface area contributed by atoms with E-state index in [2.05, 4.69) is 30.9 Å². The van der Waals surface area contributed by atoms with Crippen LogP contribution in [0.25, 0.3) is 11.2 Å². The van der Waals surface area contributed by atoms with Gasteiger partial charge in [-0.25, -0.2) is 14.8 Å². The second kappa shape index (κ2) is 11.4. The summed E-state index contributed by atoms with van der Waals surface area (Å²) < 4.78 is 47.4. The molecule has 1 fully saturated rings. The molecule has 1 aliphatic rings. The van der Waals surface area contributed by atoms with Gasteiger partial charge >= 0.3 is 12.3 Å². The Morgan fingerprint density at radius 2 is 1.90 bits per heavy atom. The average molecular weight is 568 g/mol. The number of amides is 1. The first kappa shape index (κ1) is 28.7. The third-order valence-corrected chi connectivity index (χ3v) is 6.42. The monoisotopic (exact) mass is 567 g/mol. The number of aromatic nitrogens is 4. The van der Waals surface area contributed by atoms with E-state index in [0.717, 1.165) is 37.8 Å². The molecule has 0 radical (unpaired) electrons. The first-order valence-corrected chi connectivity index (χ1v) is 13.3. The number of imidazole rings is 1. The summed E-state index contributed by atoms with van der Waals surface area (Å²) in [5.41, 5.74) is -0.239. The highest BCUT2D eigenvalue weighted by molar-refractivity contribution is 6.31. The van der Waals surface area contributed by atoms with Crippen molar-refractivity contribution in [3.05, 3.63) is 35.0 Å². The molecular formula is C26H33ClF3N7O2. The number of alkyl halides is 3. The summed E-state index contributed by atoms with van der Waals surface area (Å²) in [5, 5.41) is 9.01. The van der Waals surface area contributed by atoms with E-state index in [1.54, 1.807) is 17.7 Å². The largest absolute Gasteiger partial charge is 0.446 e. The number of nitrogens with one attached hydrogen (secondary N) is 3. The van der Waals surface area contributed by atoms with Crippen molar-refractivity contribution in [1.82, 2.24) is 24.8 Å². The number of alkyl carbamates (subject to hydrolysis) is 1. The van der Waals surface area contributed by atoms with Crippen LogP contribution in [-0.4, -0.2) is 43.3 Å². The molecule has 0 spiro atoms. The first-order valence-electron chi connectivity index (χ1n) is 12.9. The van der Waals surface area contributed by atoms with E-state index in [-0.39, 0.29) is 16.7 Å². The molecule has 1 unspecified atom stereocenters. The topological polar surface area (TPSA) is 106 Å². The van der Waals surface area contributed by atoms with Gasteiger partial charge in [0.25, 0.3) is 0 Å². The Balaban J connectivity index is 1.62. The number of carbonyl (C=O) groups is 1. The predicted octanol–water partition coefficient (Wildman–Crippen LogP) is 6.90. The zero-order valence-electron chi connectivity index (χ0n) is 22.3. The molecule has 1 aromatic carbocycles. The Hall–Kier alpha value is -3.28. The number of fused-ring (bicyclic) bond motifs is 1. The Labute approximate surface area is 229 Å². The van der Waals surface area contributed by atoms with Gasteiger partial charge in [-0.05, 0) is 58.7 Å². The molecule has 2 heterocycles. The number of benzene rings is 1. The molecule has 1 amide bonds. The minimum absolute atomic E-state index is 0.0651. The van der Waals surface area contributed by atoms with Crippen LogP contribution in [0, 0.1) is 0 Å². The van der Waals surface area contributed by atoms with E-state index >= 15 is 0 Å². The summed E-state index contributed by atoms with van der Waals surface area (Å²) in [6.45, 7) is 7.64. The molecule has 3 aromatic rings. The lowest BCUT2D eigenvalue weighted by Gasteiger charge is -2.22. The minimum atomic E-state index is -4.56. The molecule has 0 saturated heterocycles. The molecule has 212 valence electrons. The third kappa shape index (κ3) is 7.87. The zero-order chi connectivity index (χ0) is 28.4. The van der Waals surface area contributed by atoms with E-state index in [0.29, 0.717) is 36.1 Å². The molecule has 3 N–H and O–H groups in total. The lowest BCUT2D eigenvalue weighted by Crippen LogP contribution is -2.42.